The van der Waals surface area contributed by atoms with E-state index in [1.165, 1.54) is 17.5 Å². The van der Waals surface area contributed by atoms with E-state index in [1.807, 2.05) is 9.80 Å². The number of rotatable bonds is 2. The zero-order valence-corrected chi connectivity index (χ0v) is 14.7. The Hall–Kier alpha value is -2.04. The number of hydrogen-bond donors (Lipinski definition) is 1. The molecule has 1 heterocycles. The average molecular weight is 341 g/mol. The molecule has 0 spiro atoms. The van der Waals surface area contributed by atoms with Gasteiger partial charge in [0.05, 0.1) is 0 Å². The Morgan fingerprint density at radius 2 is 1.60 bits per heavy atom. The second-order valence-electron chi connectivity index (χ2n) is 7.60. The zero-order valence-electron chi connectivity index (χ0n) is 14.7. The molecule has 0 bridgehead atoms. The summed E-state index contributed by atoms with van der Waals surface area (Å²) >= 11 is 0. The van der Waals surface area contributed by atoms with Crippen molar-refractivity contribution in [3.63, 3.8) is 0 Å². The fraction of sp³-hybridized carbons (Fsp3) is 0.600. The van der Waals surface area contributed by atoms with Crippen LogP contribution in [0.2, 0.25) is 0 Å². The van der Waals surface area contributed by atoms with Gasteiger partial charge < -0.3 is 15.1 Å². The van der Waals surface area contributed by atoms with Crippen molar-refractivity contribution >= 4 is 11.9 Å². The molecule has 5 heteroatoms. The zero-order chi connectivity index (χ0) is 17.2. The maximum absolute atomic E-state index is 12.6. The number of amides is 3. The van der Waals surface area contributed by atoms with Crippen LogP contribution >= 0.6 is 0 Å². The standard InChI is InChI=1S/C20H27N3O2/c24-19(16-6-3-7-16)22-10-12-23(13-11-22)20(25)21-18-9-8-15-4-1-2-5-17(15)14-18/h1-2,4-5,16,18H,3,6-14H2,(H,21,25). The Kier molecular flexibility index (Phi) is 4.64. The van der Waals surface area contributed by atoms with E-state index in [-0.39, 0.29) is 18.0 Å². The first-order valence-corrected chi connectivity index (χ1v) is 9.62. The van der Waals surface area contributed by atoms with Gasteiger partial charge in [-0.2, -0.15) is 0 Å². The van der Waals surface area contributed by atoms with Crippen molar-refractivity contribution in [3.05, 3.63) is 35.4 Å². The molecular formula is C20H27N3O2. The highest BCUT2D eigenvalue weighted by atomic mass is 16.2. The quantitative estimate of drug-likeness (QED) is 0.897. The van der Waals surface area contributed by atoms with E-state index in [9.17, 15) is 9.59 Å². The van der Waals surface area contributed by atoms with Crippen molar-refractivity contribution in [2.75, 3.05) is 26.2 Å². The van der Waals surface area contributed by atoms with Crippen LogP contribution in [-0.2, 0) is 17.6 Å². The van der Waals surface area contributed by atoms with Crippen molar-refractivity contribution in [3.8, 4) is 0 Å². The molecule has 1 unspecified atom stereocenters. The van der Waals surface area contributed by atoms with Crippen LogP contribution in [0.4, 0.5) is 4.79 Å². The van der Waals surface area contributed by atoms with Gasteiger partial charge in [-0.05, 0) is 43.2 Å². The molecule has 1 aromatic carbocycles. The minimum absolute atomic E-state index is 0.0279. The highest BCUT2D eigenvalue weighted by molar-refractivity contribution is 5.80. The first-order valence-electron chi connectivity index (χ1n) is 9.62. The van der Waals surface area contributed by atoms with Crippen molar-refractivity contribution in [1.29, 1.82) is 0 Å². The van der Waals surface area contributed by atoms with Gasteiger partial charge in [-0.1, -0.05) is 30.7 Å². The molecule has 1 saturated heterocycles. The van der Waals surface area contributed by atoms with Gasteiger partial charge >= 0.3 is 6.03 Å². The van der Waals surface area contributed by atoms with Crippen LogP contribution in [-0.4, -0.2) is 54.0 Å². The summed E-state index contributed by atoms with van der Waals surface area (Å²) in [6, 6.07) is 8.76. The Bertz CT molecular complexity index is 648. The number of urea groups is 1. The smallest absolute Gasteiger partial charge is 0.317 e. The van der Waals surface area contributed by atoms with Crippen LogP contribution in [0.5, 0.6) is 0 Å². The summed E-state index contributed by atoms with van der Waals surface area (Å²) in [6.45, 7) is 2.65. The molecule has 0 radical (unpaired) electrons. The van der Waals surface area contributed by atoms with E-state index in [4.69, 9.17) is 0 Å². The highest BCUT2D eigenvalue weighted by Crippen LogP contribution is 2.28. The first-order chi connectivity index (χ1) is 12.2. The van der Waals surface area contributed by atoms with Gasteiger partial charge in [0, 0.05) is 38.1 Å². The molecule has 1 N–H and O–H groups in total. The van der Waals surface area contributed by atoms with Crippen LogP contribution in [0.25, 0.3) is 0 Å². The average Bonchev–Trinajstić information content (AvgIpc) is 2.60. The molecule has 5 nitrogen and oxygen atoms in total. The molecule has 3 amide bonds. The van der Waals surface area contributed by atoms with Crippen LogP contribution in [0.1, 0.15) is 36.8 Å². The second kappa shape index (κ2) is 7.06. The van der Waals surface area contributed by atoms with E-state index in [0.717, 1.165) is 32.1 Å². The molecule has 1 saturated carbocycles. The molecule has 2 aliphatic carbocycles. The molecule has 0 aromatic heterocycles. The first kappa shape index (κ1) is 16.4. The number of piperazine rings is 1. The van der Waals surface area contributed by atoms with Crippen molar-refractivity contribution < 1.29 is 9.59 Å². The molecular weight excluding hydrogens is 314 g/mol. The van der Waals surface area contributed by atoms with E-state index in [2.05, 4.69) is 29.6 Å². The predicted molar refractivity (Wildman–Crippen MR) is 96.3 cm³/mol. The number of nitrogens with zero attached hydrogens (tertiary/aromatic N) is 2. The van der Waals surface area contributed by atoms with Gasteiger partial charge in [0.15, 0.2) is 0 Å². The van der Waals surface area contributed by atoms with Crippen LogP contribution in [0.15, 0.2) is 24.3 Å². The SMILES string of the molecule is O=C(NC1CCc2ccccc2C1)N1CCN(C(=O)C2CCC2)CC1. The Morgan fingerprint density at radius 3 is 2.28 bits per heavy atom. The maximum atomic E-state index is 12.6. The molecule has 4 rings (SSSR count). The third kappa shape index (κ3) is 3.51. The largest absolute Gasteiger partial charge is 0.339 e. The minimum atomic E-state index is 0.0279. The Labute approximate surface area is 149 Å². The fourth-order valence-electron chi connectivity index (χ4n) is 4.13. The van der Waals surface area contributed by atoms with E-state index in [0.29, 0.717) is 32.1 Å². The number of hydrogen-bond acceptors (Lipinski definition) is 2. The lowest BCUT2D eigenvalue weighted by molar-refractivity contribution is -0.139. The van der Waals surface area contributed by atoms with Crippen LogP contribution < -0.4 is 5.32 Å². The topological polar surface area (TPSA) is 52.7 Å². The summed E-state index contributed by atoms with van der Waals surface area (Å²) < 4.78 is 0. The third-order valence-corrected chi connectivity index (χ3v) is 6.01. The lowest BCUT2D eigenvalue weighted by Crippen LogP contribution is -2.56. The minimum Gasteiger partial charge on any atom is -0.339 e. The summed E-state index contributed by atoms with van der Waals surface area (Å²) in [5.74, 6) is 0.554. The molecule has 1 aromatic rings. The summed E-state index contributed by atoms with van der Waals surface area (Å²) in [4.78, 5) is 28.7. The Morgan fingerprint density at radius 1 is 0.920 bits per heavy atom. The second-order valence-corrected chi connectivity index (χ2v) is 7.60. The fourth-order valence-corrected chi connectivity index (χ4v) is 4.13. The maximum Gasteiger partial charge on any atom is 0.317 e. The monoisotopic (exact) mass is 341 g/mol. The molecule has 25 heavy (non-hydrogen) atoms. The number of aryl methyl sites for hydroxylation is 1. The van der Waals surface area contributed by atoms with Gasteiger partial charge in [0.25, 0.3) is 0 Å². The molecule has 3 aliphatic rings. The van der Waals surface area contributed by atoms with Crippen molar-refractivity contribution in [2.45, 2.75) is 44.6 Å². The molecule has 2 fully saturated rings. The Balaban J connectivity index is 1.26. The van der Waals surface area contributed by atoms with Gasteiger partial charge in [-0.25, -0.2) is 4.79 Å². The third-order valence-electron chi connectivity index (χ3n) is 6.01. The molecule has 134 valence electrons. The lowest BCUT2D eigenvalue weighted by Gasteiger charge is -2.38. The normalized spacial score (nSPS) is 23.6. The summed E-state index contributed by atoms with van der Waals surface area (Å²) in [6.07, 6.45) is 6.23. The number of carbonyl (C=O) groups excluding carboxylic acids is 2. The predicted octanol–water partition coefficient (Wildman–Crippen LogP) is 2.20. The molecule has 1 aliphatic heterocycles. The van der Waals surface area contributed by atoms with Gasteiger partial charge in [-0.3, -0.25) is 4.79 Å². The summed E-state index contributed by atoms with van der Waals surface area (Å²) in [5.41, 5.74) is 2.77. The van der Waals surface area contributed by atoms with Crippen LogP contribution in [0.3, 0.4) is 0 Å². The van der Waals surface area contributed by atoms with Gasteiger partial charge in [-0.15, -0.1) is 0 Å². The van der Waals surface area contributed by atoms with E-state index < -0.39 is 0 Å². The highest BCUT2D eigenvalue weighted by Gasteiger charge is 2.32. The number of carbonyl (C=O) groups is 2. The van der Waals surface area contributed by atoms with Crippen molar-refractivity contribution in [1.82, 2.24) is 15.1 Å². The van der Waals surface area contributed by atoms with Crippen LogP contribution in [0, 0.1) is 5.92 Å². The number of nitrogens with one attached hydrogen (secondary N) is 1. The number of benzene rings is 1. The lowest BCUT2D eigenvalue weighted by atomic mass is 9.84. The molecule has 1 atom stereocenters. The summed E-state index contributed by atoms with van der Waals surface area (Å²) in [7, 11) is 0. The number of fused-ring (bicyclic) bond motifs is 1. The van der Waals surface area contributed by atoms with Gasteiger partial charge in [0.2, 0.25) is 5.91 Å². The van der Waals surface area contributed by atoms with E-state index in [1.54, 1.807) is 0 Å². The van der Waals surface area contributed by atoms with E-state index >= 15 is 0 Å². The van der Waals surface area contributed by atoms with Gasteiger partial charge in [0.1, 0.15) is 0 Å². The van der Waals surface area contributed by atoms with Crippen molar-refractivity contribution in [2.24, 2.45) is 5.92 Å². The summed E-state index contributed by atoms with van der Waals surface area (Å²) in [5, 5.41) is 3.20.